The Morgan fingerprint density at radius 1 is 1.08 bits per heavy atom. The topological polar surface area (TPSA) is 57.8 Å². The lowest BCUT2D eigenvalue weighted by Crippen LogP contribution is -2.24. The molecule has 0 spiro atoms. The Labute approximate surface area is 157 Å². The van der Waals surface area contributed by atoms with Crippen molar-refractivity contribution < 1.29 is 4.79 Å². The molecule has 4 nitrogen and oxygen atoms in total. The molecule has 0 atom stereocenters. The van der Waals surface area contributed by atoms with E-state index in [1.807, 2.05) is 60.9 Å². The van der Waals surface area contributed by atoms with E-state index in [-0.39, 0.29) is 5.91 Å². The fourth-order valence-electron chi connectivity index (χ4n) is 3.09. The van der Waals surface area contributed by atoms with E-state index in [1.165, 1.54) is 0 Å². The third kappa shape index (κ3) is 3.35. The van der Waals surface area contributed by atoms with Crippen LogP contribution in [0.15, 0.2) is 54.6 Å². The molecule has 0 aliphatic rings. The molecule has 0 saturated heterocycles. The first kappa shape index (κ1) is 17.8. The molecular formula is C21H18ClN3O. The molecule has 3 aromatic rings. The number of nitriles is 1. The molecule has 1 aromatic heterocycles. The second kappa shape index (κ2) is 7.47. The number of hydrogen-bond acceptors (Lipinski definition) is 2. The van der Waals surface area contributed by atoms with E-state index in [2.05, 4.69) is 11.4 Å². The number of para-hydroxylation sites is 1. The second-order valence-electron chi connectivity index (χ2n) is 6.01. The van der Waals surface area contributed by atoms with Crippen molar-refractivity contribution in [2.24, 2.45) is 0 Å². The van der Waals surface area contributed by atoms with E-state index in [4.69, 9.17) is 11.6 Å². The molecule has 1 N–H and O–H groups in total. The standard InChI is InChI=1S/C21H18ClN3O/c1-14-19(12-23)20(15(2)25(14)18-6-4-3-5-7-18)21(26)24-13-16-8-10-17(22)11-9-16/h3-11H,13H2,1-2H3,(H,24,26). The minimum atomic E-state index is -0.258. The largest absolute Gasteiger partial charge is 0.348 e. The van der Waals surface area contributed by atoms with Gasteiger partial charge in [0.05, 0.1) is 11.1 Å². The number of aromatic nitrogens is 1. The van der Waals surface area contributed by atoms with E-state index in [9.17, 15) is 10.1 Å². The van der Waals surface area contributed by atoms with E-state index in [0.717, 1.165) is 22.6 Å². The monoisotopic (exact) mass is 363 g/mol. The summed E-state index contributed by atoms with van der Waals surface area (Å²) in [6, 6.07) is 19.2. The first-order valence-electron chi connectivity index (χ1n) is 8.23. The maximum absolute atomic E-state index is 12.8. The van der Waals surface area contributed by atoms with Crippen LogP contribution in [0, 0.1) is 25.2 Å². The summed E-state index contributed by atoms with van der Waals surface area (Å²) in [5.74, 6) is -0.258. The summed E-state index contributed by atoms with van der Waals surface area (Å²) in [6.45, 7) is 4.09. The Morgan fingerprint density at radius 2 is 1.73 bits per heavy atom. The SMILES string of the molecule is Cc1c(C#N)c(C(=O)NCc2ccc(Cl)cc2)c(C)n1-c1ccccc1. The quantitative estimate of drug-likeness (QED) is 0.739. The fraction of sp³-hybridized carbons (Fsp3) is 0.143. The molecule has 0 saturated carbocycles. The van der Waals surface area contributed by atoms with Crippen LogP contribution < -0.4 is 5.32 Å². The van der Waals surface area contributed by atoms with Crippen molar-refractivity contribution in [2.75, 3.05) is 0 Å². The van der Waals surface area contributed by atoms with Crippen molar-refractivity contribution in [1.29, 1.82) is 5.26 Å². The maximum Gasteiger partial charge on any atom is 0.254 e. The zero-order chi connectivity index (χ0) is 18.7. The van der Waals surface area contributed by atoms with Crippen LogP contribution in [-0.2, 0) is 6.54 Å². The Bertz CT molecular complexity index is 983. The van der Waals surface area contributed by atoms with Gasteiger partial charge in [-0.1, -0.05) is 41.9 Å². The molecule has 0 unspecified atom stereocenters. The maximum atomic E-state index is 12.8. The summed E-state index contributed by atoms with van der Waals surface area (Å²) < 4.78 is 1.94. The first-order chi connectivity index (χ1) is 12.5. The summed E-state index contributed by atoms with van der Waals surface area (Å²) in [5.41, 5.74) is 4.20. The van der Waals surface area contributed by atoms with Crippen LogP contribution in [-0.4, -0.2) is 10.5 Å². The number of nitrogens with one attached hydrogen (secondary N) is 1. The van der Waals surface area contributed by atoms with Gasteiger partial charge in [-0.25, -0.2) is 0 Å². The molecule has 0 aliphatic heterocycles. The first-order valence-corrected chi connectivity index (χ1v) is 8.60. The average Bonchev–Trinajstić information content (AvgIpc) is 2.91. The van der Waals surface area contributed by atoms with Crippen LogP contribution in [0.3, 0.4) is 0 Å². The molecule has 2 aromatic carbocycles. The lowest BCUT2D eigenvalue weighted by molar-refractivity contribution is 0.0950. The molecule has 0 fully saturated rings. The summed E-state index contributed by atoms with van der Waals surface area (Å²) in [4.78, 5) is 12.8. The van der Waals surface area contributed by atoms with Gasteiger partial charge >= 0.3 is 0 Å². The van der Waals surface area contributed by atoms with Crippen molar-refractivity contribution in [3.8, 4) is 11.8 Å². The van der Waals surface area contributed by atoms with E-state index in [1.54, 1.807) is 12.1 Å². The highest BCUT2D eigenvalue weighted by Gasteiger charge is 2.23. The predicted molar refractivity (Wildman–Crippen MR) is 103 cm³/mol. The van der Waals surface area contributed by atoms with Crippen LogP contribution >= 0.6 is 11.6 Å². The second-order valence-corrected chi connectivity index (χ2v) is 6.45. The van der Waals surface area contributed by atoms with Crippen LogP contribution in [0.25, 0.3) is 5.69 Å². The molecular weight excluding hydrogens is 346 g/mol. The summed E-state index contributed by atoms with van der Waals surface area (Å²) in [7, 11) is 0. The zero-order valence-corrected chi connectivity index (χ0v) is 15.3. The Kier molecular flexibility index (Phi) is 5.11. The van der Waals surface area contributed by atoms with Gasteiger partial charge in [0.25, 0.3) is 5.91 Å². The van der Waals surface area contributed by atoms with Gasteiger partial charge in [-0.3, -0.25) is 4.79 Å². The number of rotatable bonds is 4. The fourth-order valence-corrected chi connectivity index (χ4v) is 3.21. The molecule has 0 aliphatic carbocycles. The van der Waals surface area contributed by atoms with E-state index in [0.29, 0.717) is 22.7 Å². The number of hydrogen-bond donors (Lipinski definition) is 1. The Morgan fingerprint density at radius 3 is 2.35 bits per heavy atom. The van der Waals surface area contributed by atoms with Crippen LogP contribution in [0.4, 0.5) is 0 Å². The Balaban J connectivity index is 1.93. The molecule has 1 heterocycles. The van der Waals surface area contributed by atoms with Crippen LogP contribution in [0.2, 0.25) is 5.02 Å². The lowest BCUT2D eigenvalue weighted by atomic mass is 10.1. The minimum absolute atomic E-state index is 0.258. The summed E-state index contributed by atoms with van der Waals surface area (Å²) >= 11 is 5.88. The van der Waals surface area contributed by atoms with Gasteiger partial charge in [0.15, 0.2) is 0 Å². The Hall–Kier alpha value is -3.03. The number of carbonyl (C=O) groups is 1. The van der Waals surface area contributed by atoms with Gasteiger partial charge in [0, 0.05) is 28.6 Å². The summed E-state index contributed by atoms with van der Waals surface area (Å²) in [5, 5.41) is 13.1. The molecule has 1 amide bonds. The number of halogens is 1. The van der Waals surface area contributed by atoms with Gasteiger partial charge in [-0.15, -0.1) is 0 Å². The smallest absolute Gasteiger partial charge is 0.254 e. The average molecular weight is 364 g/mol. The molecule has 130 valence electrons. The minimum Gasteiger partial charge on any atom is -0.348 e. The molecule has 26 heavy (non-hydrogen) atoms. The molecule has 0 radical (unpaired) electrons. The normalized spacial score (nSPS) is 10.4. The highest BCUT2D eigenvalue weighted by atomic mass is 35.5. The van der Waals surface area contributed by atoms with Crippen molar-refractivity contribution >= 4 is 17.5 Å². The lowest BCUT2D eigenvalue weighted by Gasteiger charge is -2.09. The molecule has 0 bridgehead atoms. The van der Waals surface area contributed by atoms with Crippen LogP contribution in [0.5, 0.6) is 0 Å². The third-order valence-corrected chi connectivity index (χ3v) is 4.62. The van der Waals surface area contributed by atoms with Gasteiger partial charge in [-0.2, -0.15) is 5.26 Å². The molecule has 5 heteroatoms. The van der Waals surface area contributed by atoms with Gasteiger partial charge in [0.2, 0.25) is 0 Å². The summed E-state index contributed by atoms with van der Waals surface area (Å²) in [6.07, 6.45) is 0. The zero-order valence-electron chi connectivity index (χ0n) is 14.6. The van der Waals surface area contributed by atoms with Crippen molar-refractivity contribution in [3.05, 3.63) is 87.7 Å². The van der Waals surface area contributed by atoms with E-state index >= 15 is 0 Å². The van der Waals surface area contributed by atoms with Gasteiger partial charge in [0.1, 0.15) is 6.07 Å². The number of nitrogens with zero attached hydrogens (tertiary/aromatic N) is 2. The van der Waals surface area contributed by atoms with Crippen molar-refractivity contribution in [3.63, 3.8) is 0 Å². The highest BCUT2D eigenvalue weighted by Crippen LogP contribution is 2.25. The number of benzene rings is 2. The van der Waals surface area contributed by atoms with Gasteiger partial charge in [-0.05, 0) is 43.7 Å². The van der Waals surface area contributed by atoms with Crippen molar-refractivity contribution in [2.45, 2.75) is 20.4 Å². The van der Waals surface area contributed by atoms with Gasteiger partial charge < -0.3 is 9.88 Å². The third-order valence-electron chi connectivity index (χ3n) is 4.36. The molecule has 3 rings (SSSR count). The number of carbonyl (C=O) groups excluding carboxylic acids is 1. The van der Waals surface area contributed by atoms with Crippen LogP contribution in [0.1, 0.15) is 32.9 Å². The highest BCUT2D eigenvalue weighted by molar-refractivity contribution is 6.30. The van der Waals surface area contributed by atoms with E-state index < -0.39 is 0 Å². The number of amides is 1. The van der Waals surface area contributed by atoms with Crippen molar-refractivity contribution in [1.82, 2.24) is 9.88 Å². The predicted octanol–water partition coefficient (Wildman–Crippen LogP) is 4.55.